The predicted octanol–water partition coefficient (Wildman–Crippen LogP) is 4.24. The number of likely N-dealkylation sites (N-methyl/N-ethyl adjacent to an activating group) is 1. The van der Waals surface area contributed by atoms with Crippen LogP contribution in [0.5, 0.6) is 5.75 Å². The van der Waals surface area contributed by atoms with Gasteiger partial charge in [0.1, 0.15) is 19.5 Å². The molecule has 1 N–H and O–H groups in total. The van der Waals surface area contributed by atoms with Gasteiger partial charge in [-0.3, -0.25) is 4.79 Å². The van der Waals surface area contributed by atoms with Crippen molar-refractivity contribution in [2.45, 2.75) is 33.7 Å². The predicted molar refractivity (Wildman–Crippen MR) is 114 cm³/mol. The fourth-order valence-electron chi connectivity index (χ4n) is 2.92. The first-order valence-electron chi connectivity index (χ1n) is 9.52. The van der Waals surface area contributed by atoms with Crippen molar-refractivity contribution in [2.75, 3.05) is 14.2 Å². The Morgan fingerprint density at radius 3 is 2.44 bits per heavy atom. The summed E-state index contributed by atoms with van der Waals surface area (Å²) in [5, 5.41) is 10.3. The summed E-state index contributed by atoms with van der Waals surface area (Å²) >= 11 is 0. The lowest BCUT2D eigenvalue weighted by molar-refractivity contribution is -0.274. The number of oxime groups is 2. The average Bonchev–Trinajstić information content (AvgIpc) is 2.71. The molecule has 7 nitrogen and oxygen atoms in total. The molecule has 172 valence electrons. The molecule has 1 amide bonds. The molecule has 2 aromatic carbocycles. The largest absolute Gasteiger partial charge is 0.573 e. The van der Waals surface area contributed by atoms with Gasteiger partial charge in [0.2, 0.25) is 0 Å². The average molecular weight is 451 g/mol. The van der Waals surface area contributed by atoms with E-state index in [4.69, 9.17) is 9.68 Å². The van der Waals surface area contributed by atoms with Gasteiger partial charge in [0, 0.05) is 23.7 Å². The number of carbonyl (C=O) groups excluding carboxylic acids is 1. The summed E-state index contributed by atoms with van der Waals surface area (Å²) in [6.07, 6.45) is -4.84. The summed E-state index contributed by atoms with van der Waals surface area (Å²) in [6.45, 7) is 4.93. The maximum absolute atomic E-state index is 12.8. The maximum atomic E-state index is 12.8. The van der Waals surface area contributed by atoms with Gasteiger partial charge < -0.3 is 19.7 Å². The second-order valence-electron chi connectivity index (χ2n) is 6.80. The molecule has 0 aliphatic heterocycles. The van der Waals surface area contributed by atoms with Gasteiger partial charge in [-0.1, -0.05) is 34.6 Å². The summed E-state index contributed by atoms with van der Waals surface area (Å²) < 4.78 is 42.4. The van der Waals surface area contributed by atoms with E-state index >= 15 is 0 Å². The molecule has 0 heterocycles. The highest BCUT2D eigenvalue weighted by Gasteiger charge is 2.32. The summed E-state index contributed by atoms with van der Waals surface area (Å²) in [7, 11) is 2.79. The maximum Gasteiger partial charge on any atom is 0.573 e. The highest BCUT2D eigenvalue weighted by Crippen LogP contribution is 2.28. The number of amides is 1. The Bertz CT molecular complexity index is 1030. The Labute approximate surface area is 183 Å². The molecule has 0 saturated heterocycles. The third-order valence-electron chi connectivity index (χ3n) is 4.45. The normalized spacial score (nSPS) is 12.4. The second kappa shape index (κ2) is 10.7. The Balaban J connectivity index is 2.33. The summed E-state index contributed by atoms with van der Waals surface area (Å²) in [6, 6.07) is 9.66. The highest BCUT2D eigenvalue weighted by atomic mass is 19.4. The molecule has 10 heteroatoms. The monoisotopic (exact) mass is 451 g/mol. The zero-order valence-electron chi connectivity index (χ0n) is 18.3. The molecule has 2 aromatic rings. The molecule has 0 aromatic heterocycles. The van der Waals surface area contributed by atoms with Crippen LogP contribution in [-0.2, 0) is 21.1 Å². The lowest BCUT2D eigenvalue weighted by Gasteiger charge is -2.15. The van der Waals surface area contributed by atoms with Crippen molar-refractivity contribution in [2.24, 2.45) is 10.3 Å². The number of rotatable bonds is 8. The van der Waals surface area contributed by atoms with Crippen molar-refractivity contribution in [3.8, 4) is 5.75 Å². The van der Waals surface area contributed by atoms with Crippen LogP contribution < -0.4 is 10.1 Å². The lowest BCUT2D eigenvalue weighted by atomic mass is 9.98. The molecular formula is C22H24F3N3O4. The molecule has 2 rings (SSSR count). The van der Waals surface area contributed by atoms with E-state index in [1.165, 1.54) is 33.2 Å². The second-order valence-corrected chi connectivity index (χ2v) is 6.80. The number of nitrogens with zero attached hydrogens (tertiary/aromatic N) is 2. The SMILES string of the molecule is CNC(=O)/C(=N/OC)c1cccc(C)c1CO/N=C(\C)c1ccc(C)cc1OC(F)(F)F. The minimum Gasteiger partial charge on any atom is -0.405 e. The molecule has 0 radical (unpaired) electrons. The smallest absolute Gasteiger partial charge is 0.405 e. The number of hydrogen-bond acceptors (Lipinski definition) is 6. The third kappa shape index (κ3) is 6.47. The van der Waals surface area contributed by atoms with E-state index in [0.717, 1.165) is 5.56 Å². The van der Waals surface area contributed by atoms with E-state index in [1.54, 1.807) is 25.1 Å². The van der Waals surface area contributed by atoms with Crippen LogP contribution in [0.2, 0.25) is 0 Å². The van der Waals surface area contributed by atoms with Crippen molar-refractivity contribution in [1.29, 1.82) is 0 Å². The third-order valence-corrected chi connectivity index (χ3v) is 4.45. The lowest BCUT2D eigenvalue weighted by Crippen LogP contribution is -2.29. The van der Waals surface area contributed by atoms with Gasteiger partial charge in [-0.2, -0.15) is 0 Å². The number of alkyl halides is 3. The number of carbonyl (C=O) groups is 1. The van der Waals surface area contributed by atoms with Crippen LogP contribution in [0.4, 0.5) is 13.2 Å². The zero-order chi connectivity index (χ0) is 23.9. The first-order chi connectivity index (χ1) is 15.1. The number of hydrogen-bond donors (Lipinski definition) is 1. The molecule has 0 spiro atoms. The first-order valence-corrected chi connectivity index (χ1v) is 9.52. The summed E-state index contributed by atoms with van der Waals surface area (Å²) in [5.41, 5.74) is 2.90. The van der Waals surface area contributed by atoms with Gasteiger partial charge in [0.15, 0.2) is 5.71 Å². The van der Waals surface area contributed by atoms with Crippen molar-refractivity contribution in [3.05, 3.63) is 64.2 Å². The first kappa shape index (κ1) is 24.7. The molecular weight excluding hydrogens is 427 g/mol. The fourth-order valence-corrected chi connectivity index (χ4v) is 2.92. The van der Waals surface area contributed by atoms with E-state index in [0.29, 0.717) is 16.7 Å². The Morgan fingerprint density at radius 2 is 1.81 bits per heavy atom. The van der Waals surface area contributed by atoms with Crippen LogP contribution in [0.1, 0.15) is 34.7 Å². The Kier molecular flexibility index (Phi) is 8.22. The van der Waals surface area contributed by atoms with E-state index in [1.807, 2.05) is 13.0 Å². The van der Waals surface area contributed by atoms with Crippen molar-refractivity contribution >= 4 is 17.3 Å². The standard InChI is InChI=1S/C22H24F3N3O4/c1-13-9-10-16(19(11-13)32-22(23,24)25)15(3)27-31-12-18-14(2)7-6-8-17(18)20(28-30-5)21(29)26-4/h6-11H,12H2,1-5H3,(H,26,29)/b27-15+,28-20+. The van der Waals surface area contributed by atoms with Gasteiger partial charge in [-0.05, 0) is 44.0 Å². The van der Waals surface area contributed by atoms with E-state index in [-0.39, 0.29) is 29.3 Å². The summed E-state index contributed by atoms with van der Waals surface area (Å²) in [4.78, 5) is 22.4. The fraction of sp³-hybridized carbons (Fsp3) is 0.318. The molecule has 0 fully saturated rings. The van der Waals surface area contributed by atoms with Gasteiger partial charge >= 0.3 is 6.36 Å². The molecule has 0 aliphatic carbocycles. The van der Waals surface area contributed by atoms with Gasteiger partial charge in [0.25, 0.3) is 5.91 Å². The molecule has 0 atom stereocenters. The topological polar surface area (TPSA) is 81.5 Å². The van der Waals surface area contributed by atoms with Crippen LogP contribution in [0, 0.1) is 13.8 Å². The minimum absolute atomic E-state index is 0.0531. The quantitative estimate of drug-likeness (QED) is 0.481. The number of ether oxygens (including phenoxy) is 1. The Hall–Kier alpha value is -3.56. The number of halogens is 3. The van der Waals surface area contributed by atoms with Crippen molar-refractivity contribution in [1.82, 2.24) is 5.32 Å². The van der Waals surface area contributed by atoms with Gasteiger partial charge in [-0.15, -0.1) is 13.2 Å². The van der Waals surface area contributed by atoms with Gasteiger partial charge in [0.05, 0.1) is 5.71 Å². The molecule has 32 heavy (non-hydrogen) atoms. The van der Waals surface area contributed by atoms with E-state index in [2.05, 4.69) is 20.4 Å². The minimum atomic E-state index is -4.84. The Morgan fingerprint density at radius 1 is 1.09 bits per heavy atom. The van der Waals surface area contributed by atoms with Crippen LogP contribution in [0.25, 0.3) is 0 Å². The van der Waals surface area contributed by atoms with Crippen LogP contribution in [0.15, 0.2) is 46.7 Å². The number of benzene rings is 2. The van der Waals surface area contributed by atoms with E-state index in [9.17, 15) is 18.0 Å². The molecule has 0 aliphatic rings. The number of aryl methyl sites for hydroxylation is 2. The number of nitrogens with one attached hydrogen (secondary N) is 1. The highest BCUT2D eigenvalue weighted by molar-refractivity contribution is 6.45. The zero-order valence-corrected chi connectivity index (χ0v) is 18.3. The molecule has 0 unspecified atom stereocenters. The molecule has 0 bridgehead atoms. The van der Waals surface area contributed by atoms with Crippen molar-refractivity contribution < 1.29 is 32.4 Å². The summed E-state index contributed by atoms with van der Waals surface area (Å²) in [5.74, 6) is -0.819. The van der Waals surface area contributed by atoms with E-state index < -0.39 is 12.3 Å². The molecule has 0 saturated carbocycles. The van der Waals surface area contributed by atoms with Crippen molar-refractivity contribution in [3.63, 3.8) is 0 Å². The van der Waals surface area contributed by atoms with Crippen LogP contribution in [0.3, 0.4) is 0 Å². The van der Waals surface area contributed by atoms with Crippen LogP contribution >= 0.6 is 0 Å². The van der Waals surface area contributed by atoms with Gasteiger partial charge in [-0.25, -0.2) is 0 Å². The van der Waals surface area contributed by atoms with Crippen LogP contribution in [-0.4, -0.2) is 37.9 Å².